The van der Waals surface area contributed by atoms with E-state index in [1.807, 2.05) is 56.4 Å². The van der Waals surface area contributed by atoms with Gasteiger partial charge in [-0.25, -0.2) is 0 Å². The molecule has 2 heterocycles. The second-order valence-corrected chi connectivity index (χ2v) is 4.49. The summed E-state index contributed by atoms with van der Waals surface area (Å²) in [5.41, 5.74) is 1.07. The van der Waals surface area contributed by atoms with Crippen molar-refractivity contribution in [1.82, 2.24) is 15.5 Å². The van der Waals surface area contributed by atoms with Crippen LogP contribution in [0, 0.1) is 6.92 Å². The van der Waals surface area contributed by atoms with Gasteiger partial charge in [-0.15, -0.1) is 10.2 Å². The van der Waals surface area contributed by atoms with Crippen LogP contribution in [0.5, 0.6) is 0 Å². The first kappa shape index (κ1) is 12.6. The average molecular weight is 269 g/mol. The fourth-order valence-corrected chi connectivity index (χ4v) is 2.08. The van der Waals surface area contributed by atoms with E-state index in [1.165, 1.54) is 0 Å². The van der Waals surface area contributed by atoms with Gasteiger partial charge in [-0.3, -0.25) is 0 Å². The molecule has 0 bridgehead atoms. The van der Waals surface area contributed by atoms with E-state index in [0.717, 1.165) is 11.3 Å². The molecule has 0 spiro atoms. The third kappa shape index (κ3) is 2.35. The summed E-state index contributed by atoms with van der Waals surface area (Å²) in [4.78, 5) is 0. The first-order valence-corrected chi connectivity index (χ1v) is 6.40. The van der Waals surface area contributed by atoms with Crippen LogP contribution < -0.4 is 5.32 Å². The Morgan fingerprint density at radius 1 is 1.00 bits per heavy atom. The summed E-state index contributed by atoms with van der Waals surface area (Å²) in [5, 5.41) is 11.3. The first-order valence-electron chi connectivity index (χ1n) is 6.40. The molecule has 3 aromatic rings. The Morgan fingerprint density at radius 2 is 1.80 bits per heavy atom. The molecule has 20 heavy (non-hydrogen) atoms. The Kier molecular flexibility index (Phi) is 3.35. The van der Waals surface area contributed by atoms with Gasteiger partial charge in [-0.1, -0.05) is 30.3 Å². The zero-order valence-corrected chi connectivity index (χ0v) is 11.3. The maximum absolute atomic E-state index is 5.71. The van der Waals surface area contributed by atoms with E-state index >= 15 is 0 Å². The lowest BCUT2D eigenvalue weighted by atomic mass is 10.1. The second kappa shape index (κ2) is 5.30. The summed E-state index contributed by atoms with van der Waals surface area (Å²) < 4.78 is 11.2. The van der Waals surface area contributed by atoms with E-state index < -0.39 is 0 Å². The summed E-state index contributed by atoms with van der Waals surface area (Å²) in [5.74, 6) is 2.31. The highest BCUT2D eigenvalue weighted by Crippen LogP contribution is 2.25. The van der Waals surface area contributed by atoms with Gasteiger partial charge in [-0.05, 0) is 31.7 Å². The first-order chi connectivity index (χ1) is 9.78. The van der Waals surface area contributed by atoms with Crippen LogP contribution in [0.4, 0.5) is 0 Å². The van der Waals surface area contributed by atoms with E-state index in [1.54, 1.807) is 0 Å². The van der Waals surface area contributed by atoms with Crippen molar-refractivity contribution in [2.24, 2.45) is 0 Å². The summed E-state index contributed by atoms with van der Waals surface area (Å²) >= 11 is 0. The average Bonchev–Trinajstić information content (AvgIpc) is 3.10. The summed E-state index contributed by atoms with van der Waals surface area (Å²) in [6.07, 6.45) is 0. The van der Waals surface area contributed by atoms with Crippen molar-refractivity contribution in [2.45, 2.75) is 13.0 Å². The van der Waals surface area contributed by atoms with E-state index in [9.17, 15) is 0 Å². The van der Waals surface area contributed by atoms with Crippen molar-refractivity contribution >= 4 is 0 Å². The fourth-order valence-electron chi connectivity index (χ4n) is 2.08. The Hall–Kier alpha value is -2.40. The molecule has 5 nitrogen and oxygen atoms in total. The maximum atomic E-state index is 5.71. The van der Waals surface area contributed by atoms with Gasteiger partial charge in [0.2, 0.25) is 5.89 Å². The normalized spacial score (nSPS) is 12.5. The molecule has 0 aliphatic rings. The van der Waals surface area contributed by atoms with Gasteiger partial charge in [0.05, 0.1) is 0 Å². The SMILES string of the molecule is CNC(c1ccccc1)c1nnc(-c2ccc(C)o2)o1. The van der Waals surface area contributed by atoms with Gasteiger partial charge in [0, 0.05) is 0 Å². The van der Waals surface area contributed by atoms with Crippen LogP contribution in [-0.4, -0.2) is 17.2 Å². The highest BCUT2D eigenvalue weighted by molar-refractivity contribution is 5.44. The number of rotatable bonds is 4. The third-order valence-corrected chi connectivity index (χ3v) is 3.06. The number of nitrogens with zero attached hydrogens (tertiary/aromatic N) is 2. The van der Waals surface area contributed by atoms with E-state index in [4.69, 9.17) is 8.83 Å². The standard InChI is InChI=1S/C15H15N3O2/c1-10-8-9-12(19-10)14-17-18-15(20-14)13(16-2)11-6-4-3-5-7-11/h3-9,13,16H,1-2H3. The van der Waals surface area contributed by atoms with Crippen LogP contribution in [0.2, 0.25) is 0 Å². The van der Waals surface area contributed by atoms with E-state index in [-0.39, 0.29) is 6.04 Å². The molecule has 3 rings (SSSR count). The Labute approximate surface area is 116 Å². The molecule has 0 saturated carbocycles. The number of hydrogen-bond acceptors (Lipinski definition) is 5. The molecule has 1 atom stereocenters. The van der Waals surface area contributed by atoms with Gasteiger partial charge in [0.25, 0.3) is 5.89 Å². The lowest BCUT2D eigenvalue weighted by Gasteiger charge is -2.11. The molecule has 0 aliphatic heterocycles. The molecule has 1 unspecified atom stereocenters. The Morgan fingerprint density at radius 3 is 2.45 bits per heavy atom. The number of hydrogen-bond donors (Lipinski definition) is 1. The molecule has 1 aromatic carbocycles. The minimum atomic E-state index is -0.131. The number of aromatic nitrogens is 2. The van der Waals surface area contributed by atoms with Crippen LogP contribution in [-0.2, 0) is 0 Å². The highest BCUT2D eigenvalue weighted by atomic mass is 16.4. The zero-order chi connectivity index (χ0) is 13.9. The number of aryl methyl sites for hydroxylation is 1. The molecule has 0 aliphatic carbocycles. The van der Waals surface area contributed by atoms with Crippen LogP contribution in [0.1, 0.15) is 23.3 Å². The topological polar surface area (TPSA) is 64.1 Å². The third-order valence-electron chi connectivity index (χ3n) is 3.06. The van der Waals surface area contributed by atoms with Crippen LogP contribution in [0.15, 0.2) is 51.3 Å². The molecule has 2 aromatic heterocycles. The molecular weight excluding hydrogens is 254 g/mol. The van der Waals surface area contributed by atoms with Gasteiger partial charge < -0.3 is 14.2 Å². The van der Waals surface area contributed by atoms with Crippen molar-refractivity contribution in [3.63, 3.8) is 0 Å². The number of benzene rings is 1. The van der Waals surface area contributed by atoms with Crippen molar-refractivity contribution in [3.05, 3.63) is 59.7 Å². The lowest BCUT2D eigenvalue weighted by Crippen LogP contribution is -2.17. The van der Waals surface area contributed by atoms with Crippen molar-refractivity contribution in [1.29, 1.82) is 0 Å². The largest absolute Gasteiger partial charge is 0.456 e. The van der Waals surface area contributed by atoms with Crippen LogP contribution in [0.3, 0.4) is 0 Å². The van der Waals surface area contributed by atoms with E-state index in [2.05, 4.69) is 15.5 Å². The van der Waals surface area contributed by atoms with Gasteiger partial charge >= 0.3 is 0 Å². The predicted molar refractivity (Wildman–Crippen MR) is 74.1 cm³/mol. The minimum Gasteiger partial charge on any atom is -0.456 e. The maximum Gasteiger partial charge on any atom is 0.283 e. The number of nitrogens with one attached hydrogen (secondary N) is 1. The molecule has 1 N–H and O–H groups in total. The predicted octanol–water partition coefficient (Wildman–Crippen LogP) is 2.95. The summed E-state index contributed by atoms with van der Waals surface area (Å²) in [6.45, 7) is 1.88. The fraction of sp³-hybridized carbons (Fsp3) is 0.200. The van der Waals surface area contributed by atoms with Crippen molar-refractivity contribution in [3.8, 4) is 11.7 Å². The van der Waals surface area contributed by atoms with Gasteiger partial charge in [-0.2, -0.15) is 0 Å². The molecule has 0 amide bonds. The van der Waals surface area contributed by atoms with Crippen molar-refractivity contribution < 1.29 is 8.83 Å². The van der Waals surface area contributed by atoms with Crippen LogP contribution >= 0.6 is 0 Å². The van der Waals surface area contributed by atoms with E-state index in [0.29, 0.717) is 17.5 Å². The Bertz CT molecular complexity index is 688. The molecular formula is C15H15N3O2. The van der Waals surface area contributed by atoms with Crippen molar-refractivity contribution in [2.75, 3.05) is 7.05 Å². The molecule has 0 fully saturated rings. The minimum absolute atomic E-state index is 0.131. The Balaban J connectivity index is 1.92. The highest BCUT2D eigenvalue weighted by Gasteiger charge is 2.20. The monoisotopic (exact) mass is 269 g/mol. The van der Waals surface area contributed by atoms with Crippen LogP contribution in [0.25, 0.3) is 11.7 Å². The summed E-state index contributed by atoms with van der Waals surface area (Å²) in [7, 11) is 1.86. The van der Waals surface area contributed by atoms with Gasteiger partial charge in [0.15, 0.2) is 5.76 Å². The number of furan rings is 1. The molecule has 5 heteroatoms. The summed E-state index contributed by atoms with van der Waals surface area (Å²) in [6, 6.07) is 13.5. The van der Waals surface area contributed by atoms with Gasteiger partial charge in [0.1, 0.15) is 11.8 Å². The zero-order valence-electron chi connectivity index (χ0n) is 11.3. The molecule has 0 saturated heterocycles. The smallest absolute Gasteiger partial charge is 0.283 e. The molecule has 0 radical (unpaired) electrons. The second-order valence-electron chi connectivity index (χ2n) is 4.49. The lowest BCUT2D eigenvalue weighted by molar-refractivity contribution is 0.440. The quantitative estimate of drug-likeness (QED) is 0.789. The molecule has 102 valence electrons.